The highest BCUT2D eigenvalue weighted by atomic mass is 32.2. The second kappa shape index (κ2) is 6.62. The summed E-state index contributed by atoms with van der Waals surface area (Å²) >= 11 is 0. The first kappa shape index (κ1) is 16.0. The number of nitrogens with one attached hydrogen (secondary N) is 1. The third kappa shape index (κ3) is 3.28. The molecule has 0 aliphatic heterocycles. The van der Waals surface area contributed by atoms with Crippen LogP contribution in [0.15, 0.2) is 59.5 Å². The first-order valence-corrected chi connectivity index (χ1v) is 8.33. The van der Waals surface area contributed by atoms with Crippen LogP contribution in [0.25, 0.3) is 0 Å². The van der Waals surface area contributed by atoms with Crippen LogP contribution in [0, 0.1) is 0 Å². The molecule has 0 atom stereocenters. The third-order valence-corrected chi connectivity index (χ3v) is 5.03. The molecule has 0 heterocycles. The number of nitrogens with zero attached hydrogens (tertiary/aromatic N) is 1. The number of hydrogen-bond acceptors (Lipinski definition) is 3. The van der Waals surface area contributed by atoms with Gasteiger partial charge in [-0.05, 0) is 43.3 Å². The van der Waals surface area contributed by atoms with E-state index in [4.69, 9.17) is 0 Å². The van der Waals surface area contributed by atoms with Gasteiger partial charge in [-0.15, -0.1) is 0 Å². The maximum absolute atomic E-state index is 12.6. The fourth-order valence-corrected chi connectivity index (χ4v) is 3.17. The van der Waals surface area contributed by atoms with Gasteiger partial charge in [-0.2, -0.15) is 0 Å². The summed E-state index contributed by atoms with van der Waals surface area (Å²) in [6.45, 7) is 2.35. The summed E-state index contributed by atoms with van der Waals surface area (Å²) in [7, 11) is -2.14. The SMILES string of the molecule is CCNC(=O)c1ccc(S(=O)(=O)N(C)c2ccccc2)cc1. The number of hydrogen-bond donors (Lipinski definition) is 1. The second-order valence-electron chi connectivity index (χ2n) is 4.69. The molecule has 2 rings (SSSR count). The number of carbonyl (C=O) groups is 1. The van der Waals surface area contributed by atoms with Gasteiger partial charge in [0.25, 0.3) is 15.9 Å². The van der Waals surface area contributed by atoms with Crippen LogP contribution in [0.4, 0.5) is 5.69 Å². The van der Waals surface area contributed by atoms with Gasteiger partial charge < -0.3 is 5.32 Å². The van der Waals surface area contributed by atoms with E-state index in [1.807, 2.05) is 13.0 Å². The zero-order valence-electron chi connectivity index (χ0n) is 12.5. The molecule has 0 fully saturated rings. The standard InChI is InChI=1S/C16H18N2O3S/c1-3-17-16(19)13-9-11-15(12-10-13)22(20,21)18(2)14-7-5-4-6-8-14/h4-12H,3H2,1-2H3,(H,17,19). The van der Waals surface area contributed by atoms with E-state index in [0.717, 1.165) is 0 Å². The van der Waals surface area contributed by atoms with Crippen LogP contribution in [0.5, 0.6) is 0 Å². The largest absolute Gasteiger partial charge is 0.352 e. The van der Waals surface area contributed by atoms with E-state index in [1.54, 1.807) is 24.3 Å². The van der Waals surface area contributed by atoms with Gasteiger partial charge >= 0.3 is 0 Å². The van der Waals surface area contributed by atoms with Crippen molar-refractivity contribution < 1.29 is 13.2 Å². The molecule has 2 aromatic carbocycles. The highest BCUT2D eigenvalue weighted by Gasteiger charge is 2.21. The van der Waals surface area contributed by atoms with Crippen LogP contribution < -0.4 is 9.62 Å². The Labute approximate surface area is 130 Å². The Morgan fingerprint density at radius 3 is 2.18 bits per heavy atom. The Hall–Kier alpha value is -2.34. The summed E-state index contributed by atoms with van der Waals surface area (Å²) in [4.78, 5) is 11.8. The molecular formula is C16H18N2O3S. The summed E-state index contributed by atoms with van der Waals surface area (Å²) in [5.41, 5.74) is 1.01. The molecule has 0 saturated heterocycles. The topological polar surface area (TPSA) is 66.5 Å². The van der Waals surface area contributed by atoms with Crippen LogP contribution in [0.3, 0.4) is 0 Å². The van der Waals surface area contributed by atoms with Gasteiger partial charge in [0, 0.05) is 19.2 Å². The van der Waals surface area contributed by atoms with Crippen molar-refractivity contribution in [1.29, 1.82) is 0 Å². The average Bonchev–Trinajstić information content (AvgIpc) is 2.55. The van der Waals surface area contributed by atoms with Crippen LogP contribution in [0.2, 0.25) is 0 Å². The number of benzene rings is 2. The maximum atomic E-state index is 12.6. The van der Waals surface area contributed by atoms with Crippen molar-refractivity contribution in [3.8, 4) is 0 Å². The minimum atomic E-state index is -3.65. The van der Waals surface area contributed by atoms with Gasteiger partial charge in [0.1, 0.15) is 0 Å². The molecule has 0 saturated carbocycles. The Balaban J connectivity index is 2.28. The monoisotopic (exact) mass is 318 g/mol. The zero-order chi connectivity index (χ0) is 16.2. The van der Waals surface area contributed by atoms with E-state index in [0.29, 0.717) is 17.8 Å². The van der Waals surface area contributed by atoms with Gasteiger partial charge in [-0.25, -0.2) is 8.42 Å². The van der Waals surface area contributed by atoms with Gasteiger partial charge in [-0.1, -0.05) is 18.2 Å². The molecule has 116 valence electrons. The lowest BCUT2D eigenvalue weighted by Crippen LogP contribution is -2.27. The van der Waals surface area contributed by atoms with Crippen LogP contribution in [-0.2, 0) is 10.0 Å². The molecule has 0 unspecified atom stereocenters. The molecule has 0 aliphatic rings. The van der Waals surface area contributed by atoms with Crippen molar-refractivity contribution in [3.63, 3.8) is 0 Å². The van der Waals surface area contributed by atoms with Crippen LogP contribution in [-0.4, -0.2) is 27.9 Å². The van der Waals surface area contributed by atoms with E-state index in [1.165, 1.54) is 35.6 Å². The number of rotatable bonds is 5. The van der Waals surface area contributed by atoms with Gasteiger partial charge in [-0.3, -0.25) is 9.10 Å². The van der Waals surface area contributed by atoms with Gasteiger partial charge in [0.05, 0.1) is 10.6 Å². The van der Waals surface area contributed by atoms with Crippen molar-refractivity contribution in [2.24, 2.45) is 0 Å². The summed E-state index contributed by atoms with van der Waals surface area (Å²) in [6, 6.07) is 14.7. The quantitative estimate of drug-likeness (QED) is 0.919. The predicted octanol–water partition coefficient (Wildman–Crippen LogP) is 2.26. The lowest BCUT2D eigenvalue weighted by Gasteiger charge is -2.19. The molecular weight excluding hydrogens is 300 g/mol. The molecule has 0 spiro atoms. The summed E-state index contributed by atoms with van der Waals surface area (Å²) in [5.74, 6) is -0.220. The van der Waals surface area contributed by atoms with E-state index in [-0.39, 0.29) is 10.8 Å². The predicted molar refractivity (Wildman–Crippen MR) is 86.5 cm³/mol. The van der Waals surface area contributed by atoms with Crippen molar-refractivity contribution in [2.75, 3.05) is 17.9 Å². The average molecular weight is 318 g/mol. The normalized spacial score (nSPS) is 11.0. The summed E-state index contributed by atoms with van der Waals surface area (Å²) in [6.07, 6.45) is 0. The smallest absolute Gasteiger partial charge is 0.264 e. The second-order valence-corrected chi connectivity index (χ2v) is 6.66. The molecule has 1 N–H and O–H groups in total. The molecule has 0 aliphatic carbocycles. The number of sulfonamides is 1. The lowest BCUT2D eigenvalue weighted by atomic mass is 10.2. The zero-order valence-corrected chi connectivity index (χ0v) is 13.3. The van der Waals surface area contributed by atoms with E-state index < -0.39 is 10.0 Å². The van der Waals surface area contributed by atoms with Crippen molar-refractivity contribution in [1.82, 2.24) is 5.32 Å². The minimum Gasteiger partial charge on any atom is -0.352 e. The summed E-state index contributed by atoms with van der Waals surface area (Å²) in [5, 5.41) is 2.67. The Kier molecular flexibility index (Phi) is 4.82. The molecule has 0 radical (unpaired) electrons. The van der Waals surface area contributed by atoms with E-state index in [2.05, 4.69) is 5.32 Å². The summed E-state index contributed by atoms with van der Waals surface area (Å²) < 4.78 is 26.3. The van der Waals surface area contributed by atoms with Crippen LogP contribution >= 0.6 is 0 Å². The Morgan fingerprint density at radius 2 is 1.64 bits per heavy atom. The minimum absolute atomic E-state index is 0.145. The third-order valence-electron chi connectivity index (χ3n) is 3.23. The molecule has 6 heteroatoms. The number of amides is 1. The molecule has 22 heavy (non-hydrogen) atoms. The fourth-order valence-electron chi connectivity index (χ4n) is 1.98. The molecule has 1 amide bonds. The van der Waals surface area contributed by atoms with Gasteiger partial charge in [0.2, 0.25) is 0 Å². The number of anilines is 1. The van der Waals surface area contributed by atoms with E-state index >= 15 is 0 Å². The first-order chi connectivity index (χ1) is 10.5. The molecule has 0 aromatic heterocycles. The fraction of sp³-hybridized carbons (Fsp3) is 0.188. The highest BCUT2D eigenvalue weighted by Crippen LogP contribution is 2.21. The first-order valence-electron chi connectivity index (χ1n) is 6.89. The Morgan fingerprint density at radius 1 is 1.05 bits per heavy atom. The van der Waals surface area contributed by atoms with Crippen molar-refractivity contribution >= 4 is 21.6 Å². The highest BCUT2D eigenvalue weighted by molar-refractivity contribution is 7.92. The van der Waals surface area contributed by atoms with Crippen molar-refractivity contribution in [3.05, 3.63) is 60.2 Å². The lowest BCUT2D eigenvalue weighted by molar-refractivity contribution is 0.0955. The molecule has 0 bridgehead atoms. The molecule has 5 nitrogen and oxygen atoms in total. The number of para-hydroxylation sites is 1. The molecule has 2 aromatic rings. The van der Waals surface area contributed by atoms with Gasteiger partial charge in [0.15, 0.2) is 0 Å². The van der Waals surface area contributed by atoms with Crippen molar-refractivity contribution in [2.45, 2.75) is 11.8 Å². The number of carbonyl (C=O) groups excluding carboxylic acids is 1. The maximum Gasteiger partial charge on any atom is 0.264 e. The van der Waals surface area contributed by atoms with Crippen LogP contribution in [0.1, 0.15) is 17.3 Å². The Bertz CT molecular complexity index is 741. The van der Waals surface area contributed by atoms with E-state index in [9.17, 15) is 13.2 Å².